The van der Waals surface area contributed by atoms with E-state index in [9.17, 15) is 0 Å². The lowest BCUT2D eigenvalue weighted by Crippen LogP contribution is -2.35. The molecule has 0 radical (unpaired) electrons. The molecule has 2 aliphatic heterocycles. The Balaban J connectivity index is 0.000000306. The van der Waals surface area contributed by atoms with Crippen LogP contribution in [0.5, 0.6) is 0 Å². The van der Waals surface area contributed by atoms with Gasteiger partial charge in [0.15, 0.2) is 0 Å². The van der Waals surface area contributed by atoms with Gasteiger partial charge in [-0.05, 0) is 58.5 Å². The van der Waals surface area contributed by atoms with E-state index in [0.29, 0.717) is 5.92 Å². The Hall–Kier alpha value is -0.370. The van der Waals surface area contributed by atoms with E-state index in [1.54, 1.807) is 0 Å². The van der Waals surface area contributed by atoms with Gasteiger partial charge in [-0.3, -0.25) is 4.99 Å². The summed E-state index contributed by atoms with van der Waals surface area (Å²) >= 11 is 0. The zero-order chi connectivity index (χ0) is 12.7. The molecule has 0 amide bonds. The lowest BCUT2D eigenvalue weighted by molar-refractivity contribution is 0.185. The van der Waals surface area contributed by atoms with Crippen molar-refractivity contribution in [3.63, 3.8) is 0 Å². The molecule has 2 rings (SSSR count). The van der Waals surface area contributed by atoms with Gasteiger partial charge in [0.25, 0.3) is 0 Å². The van der Waals surface area contributed by atoms with Gasteiger partial charge < -0.3 is 4.90 Å². The molecule has 108 valence electrons. The minimum atomic E-state index is 0. The number of rotatable bonds is 2. The van der Waals surface area contributed by atoms with Crippen molar-refractivity contribution in [2.45, 2.75) is 73.3 Å². The lowest BCUT2D eigenvalue weighted by atomic mass is 10.1. The first kappa shape index (κ1) is 17.6. The molecule has 1 fully saturated rings. The molecule has 0 bridgehead atoms. The first-order valence-electron chi connectivity index (χ1n) is 7.38. The quantitative estimate of drug-likeness (QED) is 0.713. The highest BCUT2D eigenvalue weighted by Crippen LogP contribution is 2.11. The number of likely N-dealkylation sites (tertiary alicyclic amines) is 1. The molecule has 0 unspecified atom stereocenters. The molecule has 2 heterocycles. The van der Waals surface area contributed by atoms with Gasteiger partial charge in [-0.1, -0.05) is 27.7 Å². The van der Waals surface area contributed by atoms with Gasteiger partial charge in [-0.2, -0.15) is 0 Å². The van der Waals surface area contributed by atoms with Gasteiger partial charge in [-0.25, -0.2) is 0 Å². The van der Waals surface area contributed by atoms with Gasteiger partial charge in [0, 0.05) is 18.3 Å². The van der Waals surface area contributed by atoms with Crippen LogP contribution in [0, 0.1) is 5.92 Å². The molecule has 0 N–H and O–H groups in total. The monoisotopic (exact) mass is 254 g/mol. The third-order valence-corrected chi connectivity index (χ3v) is 3.69. The van der Waals surface area contributed by atoms with Gasteiger partial charge in [0.2, 0.25) is 0 Å². The summed E-state index contributed by atoms with van der Waals surface area (Å²) in [5.41, 5.74) is 1.42. The van der Waals surface area contributed by atoms with Gasteiger partial charge >= 0.3 is 0 Å². The number of hydrogen-bond acceptors (Lipinski definition) is 2. The largest absolute Gasteiger partial charge is 0.301 e. The van der Waals surface area contributed by atoms with E-state index in [2.05, 4.69) is 37.6 Å². The Morgan fingerprint density at radius 2 is 1.56 bits per heavy atom. The standard InChI is InChI=1S/C8H17N.C7H13N.CH4/c1-8(2)9-6-4-3-5-7-9;1-6(2)7-4-3-5-8-7;/h8H,3-7H2,1-2H3;6H,3-5H2,1-2H3;1H4. The van der Waals surface area contributed by atoms with E-state index < -0.39 is 0 Å². The van der Waals surface area contributed by atoms with Crippen molar-refractivity contribution in [2.24, 2.45) is 10.9 Å². The van der Waals surface area contributed by atoms with Gasteiger partial charge in [-0.15, -0.1) is 0 Å². The molecule has 2 aliphatic rings. The van der Waals surface area contributed by atoms with Crippen LogP contribution in [0.4, 0.5) is 0 Å². The molecule has 1 saturated heterocycles. The molecule has 2 heteroatoms. The molecule has 0 atom stereocenters. The van der Waals surface area contributed by atoms with Crippen molar-refractivity contribution in [1.29, 1.82) is 0 Å². The van der Waals surface area contributed by atoms with Crippen LogP contribution in [-0.2, 0) is 0 Å². The van der Waals surface area contributed by atoms with Crippen LogP contribution in [-0.4, -0.2) is 36.3 Å². The Morgan fingerprint density at radius 1 is 0.944 bits per heavy atom. The number of nitrogens with zero attached hydrogens (tertiary/aromatic N) is 2. The fourth-order valence-electron chi connectivity index (χ4n) is 2.47. The van der Waals surface area contributed by atoms with Crippen LogP contribution in [0.2, 0.25) is 0 Å². The molecule has 2 nitrogen and oxygen atoms in total. The zero-order valence-electron chi connectivity index (χ0n) is 12.2. The summed E-state index contributed by atoms with van der Waals surface area (Å²) in [4.78, 5) is 6.91. The van der Waals surface area contributed by atoms with E-state index in [1.165, 1.54) is 50.9 Å². The number of aliphatic imine (C=N–C) groups is 1. The zero-order valence-corrected chi connectivity index (χ0v) is 12.2. The topological polar surface area (TPSA) is 15.6 Å². The fourth-order valence-corrected chi connectivity index (χ4v) is 2.47. The molecule has 0 aromatic heterocycles. The molecule has 0 spiro atoms. The second kappa shape index (κ2) is 9.55. The second-order valence-corrected chi connectivity index (χ2v) is 5.82. The second-order valence-electron chi connectivity index (χ2n) is 5.82. The summed E-state index contributed by atoms with van der Waals surface area (Å²) in [6, 6.07) is 0.769. The Morgan fingerprint density at radius 3 is 1.83 bits per heavy atom. The van der Waals surface area contributed by atoms with Gasteiger partial charge in [0.05, 0.1) is 0 Å². The first-order valence-corrected chi connectivity index (χ1v) is 7.38. The molecule has 0 aromatic rings. The Labute approximate surface area is 115 Å². The van der Waals surface area contributed by atoms with Crippen molar-refractivity contribution >= 4 is 5.71 Å². The number of hydrogen-bond donors (Lipinski definition) is 0. The molecular formula is C16H34N2. The predicted octanol–water partition coefficient (Wildman–Crippen LogP) is 4.39. The predicted molar refractivity (Wildman–Crippen MR) is 83.7 cm³/mol. The third-order valence-electron chi connectivity index (χ3n) is 3.69. The average Bonchev–Trinajstić information content (AvgIpc) is 2.84. The van der Waals surface area contributed by atoms with Crippen LogP contribution < -0.4 is 0 Å². The minimum Gasteiger partial charge on any atom is -0.301 e. The van der Waals surface area contributed by atoms with E-state index in [0.717, 1.165) is 12.6 Å². The highest BCUT2D eigenvalue weighted by Gasteiger charge is 2.11. The maximum absolute atomic E-state index is 4.35. The maximum Gasteiger partial charge on any atom is 0.0392 e. The summed E-state index contributed by atoms with van der Waals surface area (Å²) in [5.74, 6) is 0.692. The van der Waals surface area contributed by atoms with Crippen molar-refractivity contribution in [3.8, 4) is 0 Å². The third kappa shape index (κ3) is 6.53. The van der Waals surface area contributed by atoms with Crippen LogP contribution in [0.3, 0.4) is 0 Å². The van der Waals surface area contributed by atoms with E-state index in [4.69, 9.17) is 0 Å². The van der Waals surface area contributed by atoms with Crippen molar-refractivity contribution in [2.75, 3.05) is 19.6 Å². The Bertz CT molecular complexity index is 225. The van der Waals surface area contributed by atoms with E-state index >= 15 is 0 Å². The normalized spacial score (nSPS) is 20.2. The summed E-state index contributed by atoms with van der Waals surface area (Å²) in [6.07, 6.45) is 6.81. The van der Waals surface area contributed by atoms with Crippen LogP contribution >= 0.6 is 0 Å². The van der Waals surface area contributed by atoms with Gasteiger partial charge in [0.1, 0.15) is 0 Å². The molecule has 0 aromatic carbocycles. The minimum absolute atomic E-state index is 0. The first-order chi connectivity index (χ1) is 8.11. The highest BCUT2D eigenvalue weighted by atomic mass is 15.1. The maximum atomic E-state index is 4.35. The molecule has 0 saturated carbocycles. The molecule has 18 heavy (non-hydrogen) atoms. The molecule has 0 aliphatic carbocycles. The summed E-state index contributed by atoms with van der Waals surface area (Å²) in [7, 11) is 0. The highest BCUT2D eigenvalue weighted by molar-refractivity contribution is 5.87. The average molecular weight is 254 g/mol. The van der Waals surface area contributed by atoms with Crippen LogP contribution in [0.25, 0.3) is 0 Å². The van der Waals surface area contributed by atoms with Crippen LogP contribution in [0.15, 0.2) is 4.99 Å². The van der Waals surface area contributed by atoms with Crippen LogP contribution in [0.1, 0.15) is 67.2 Å². The van der Waals surface area contributed by atoms with E-state index in [-0.39, 0.29) is 7.43 Å². The number of piperidine rings is 1. The smallest absolute Gasteiger partial charge is 0.0392 e. The lowest BCUT2D eigenvalue weighted by Gasteiger charge is -2.29. The Kier molecular flexibility index (Phi) is 9.35. The fraction of sp³-hybridized carbons (Fsp3) is 0.938. The van der Waals surface area contributed by atoms with Crippen molar-refractivity contribution in [1.82, 2.24) is 4.90 Å². The summed E-state index contributed by atoms with van der Waals surface area (Å²) in [5, 5.41) is 0. The summed E-state index contributed by atoms with van der Waals surface area (Å²) < 4.78 is 0. The SMILES string of the molecule is C.CC(C)C1=NCCC1.CC(C)N1CCCCC1. The van der Waals surface area contributed by atoms with Crippen molar-refractivity contribution in [3.05, 3.63) is 0 Å². The van der Waals surface area contributed by atoms with E-state index in [1.807, 2.05) is 0 Å². The molecular weight excluding hydrogens is 220 g/mol. The van der Waals surface area contributed by atoms with Crippen molar-refractivity contribution < 1.29 is 0 Å². The summed E-state index contributed by atoms with van der Waals surface area (Å²) in [6.45, 7) is 12.7.